The van der Waals surface area contributed by atoms with Crippen LogP contribution in [0.25, 0.3) is 0 Å². The molecule has 3 rings (SSSR count). The average molecular weight is 296 g/mol. The van der Waals surface area contributed by atoms with Crippen molar-refractivity contribution in [2.75, 3.05) is 11.9 Å². The minimum atomic E-state index is -0.114. The molecule has 1 amide bonds. The summed E-state index contributed by atoms with van der Waals surface area (Å²) in [6.07, 6.45) is 5.61. The molecule has 1 aromatic heterocycles. The summed E-state index contributed by atoms with van der Waals surface area (Å²) >= 11 is 0. The molecule has 0 bridgehead atoms. The van der Waals surface area contributed by atoms with Crippen LogP contribution in [0.2, 0.25) is 0 Å². The second kappa shape index (κ2) is 7.02. The molecular formula is C17H20N4O. The van der Waals surface area contributed by atoms with Crippen molar-refractivity contribution in [1.29, 1.82) is 0 Å². The molecule has 0 aliphatic heterocycles. The number of carbonyl (C=O) groups excluding carboxylic acids is 1. The van der Waals surface area contributed by atoms with Gasteiger partial charge < -0.3 is 10.6 Å². The van der Waals surface area contributed by atoms with Gasteiger partial charge >= 0.3 is 0 Å². The summed E-state index contributed by atoms with van der Waals surface area (Å²) in [6, 6.07) is 12.4. The molecule has 0 atom stereocenters. The lowest BCUT2D eigenvalue weighted by Crippen LogP contribution is -2.26. The van der Waals surface area contributed by atoms with Gasteiger partial charge in [-0.25, -0.2) is 9.97 Å². The summed E-state index contributed by atoms with van der Waals surface area (Å²) in [5.74, 6) is 0.584. The van der Waals surface area contributed by atoms with Gasteiger partial charge in [0.25, 0.3) is 5.91 Å². The molecule has 1 aromatic carbocycles. The van der Waals surface area contributed by atoms with E-state index in [9.17, 15) is 4.79 Å². The SMILES string of the molecule is O=C(NC1CC1)c1cc(NCCCc2ccccc2)ncn1. The molecule has 1 heterocycles. The van der Waals surface area contributed by atoms with E-state index in [0.29, 0.717) is 17.6 Å². The number of hydrogen-bond donors (Lipinski definition) is 2. The second-order valence-electron chi connectivity index (χ2n) is 5.55. The topological polar surface area (TPSA) is 66.9 Å². The quantitative estimate of drug-likeness (QED) is 0.770. The number of nitrogens with zero attached hydrogens (tertiary/aromatic N) is 2. The molecule has 22 heavy (non-hydrogen) atoms. The van der Waals surface area contributed by atoms with Gasteiger partial charge in [-0.1, -0.05) is 30.3 Å². The Morgan fingerprint density at radius 1 is 1.18 bits per heavy atom. The maximum Gasteiger partial charge on any atom is 0.270 e. The third-order valence-electron chi connectivity index (χ3n) is 3.60. The molecule has 1 fully saturated rings. The van der Waals surface area contributed by atoms with E-state index in [4.69, 9.17) is 0 Å². The van der Waals surface area contributed by atoms with E-state index >= 15 is 0 Å². The first-order valence-electron chi connectivity index (χ1n) is 7.72. The van der Waals surface area contributed by atoms with Crippen LogP contribution in [0.1, 0.15) is 35.3 Å². The summed E-state index contributed by atoms with van der Waals surface area (Å²) in [5, 5.41) is 6.18. The first-order valence-corrected chi connectivity index (χ1v) is 7.72. The van der Waals surface area contributed by atoms with Crippen LogP contribution in [0.15, 0.2) is 42.7 Å². The monoisotopic (exact) mass is 296 g/mol. The zero-order valence-corrected chi connectivity index (χ0v) is 12.5. The number of aromatic nitrogens is 2. The second-order valence-corrected chi connectivity index (χ2v) is 5.55. The van der Waals surface area contributed by atoms with Gasteiger partial charge in [0.1, 0.15) is 17.8 Å². The van der Waals surface area contributed by atoms with Crippen LogP contribution in [-0.2, 0) is 6.42 Å². The highest BCUT2D eigenvalue weighted by molar-refractivity contribution is 5.93. The molecule has 114 valence electrons. The Hall–Kier alpha value is -2.43. The highest BCUT2D eigenvalue weighted by atomic mass is 16.2. The predicted molar refractivity (Wildman–Crippen MR) is 85.8 cm³/mol. The number of nitrogens with one attached hydrogen (secondary N) is 2. The van der Waals surface area contributed by atoms with Gasteiger partial charge in [0.15, 0.2) is 0 Å². The lowest BCUT2D eigenvalue weighted by Gasteiger charge is -2.07. The van der Waals surface area contributed by atoms with Gasteiger partial charge in [-0.2, -0.15) is 0 Å². The molecular weight excluding hydrogens is 276 g/mol. The normalized spacial score (nSPS) is 13.6. The number of anilines is 1. The molecule has 1 aliphatic carbocycles. The van der Waals surface area contributed by atoms with Crippen molar-refractivity contribution in [3.8, 4) is 0 Å². The summed E-state index contributed by atoms with van der Waals surface area (Å²) < 4.78 is 0. The Labute approximate surface area is 130 Å². The fraction of sp³-hybridized carbons (Fsp3) is 0.353. The minimum Gasteiger partial charge on any atom is -0.370 e. The van der Waals surface area contributed by atoms with E-state index in [2.05, 4.69) is 44.9 Å². The Balaban J connectivity index is 1.46. The van der Waals surface area contributed by atoms with E-state index < -0.39 is 0 Å². The molecule has 0 spiro atoms. The Kier molecular flexibility index (Phi) is 4.63. The van der Waals surface area contributed by atoms with Gasteiger partial charge in [0, 0.05) is 18.7 Å². The summed E-state index contributed by atoms with van der Waals surface area (Å²) in [4.78, 5) is 20.1. The van der Waals surface area contributed by atoms with E-state index in [1.807, 2.05) is 6.07 Å². The fourth-order valence-electron chi connectivity index (χ4n) is 2.22. The van der Waals surface area contributed by atoms with Crippen molar-refractivity contribution in [2.24, 2.45) is 0 Å². The maximum absolute atomic E-state index is 11.9. The molecule has 0 radical (unpaired) electrons. The van der Waals surface area contributed by atoms with Crippen molar-refractivity contribution >= 4 is 11.7 Å². The van der Waals surface area contributed by atoms with E-state index in [0.717, 1.165) is 32.2 Å². The van der Waals surface area contributed by atoms with Gasteiger partial charge in [-0.3, -0.25) is 4.79 Å². The Morgan fingerprint density at radius 3 is 2.77 bits per heavy atom. The first kappa shape index (κ1) is 14.5. The van der Waals surface area contributed by atoms with Crippen molar-refractivity contribution < 1.29 is 4.79 Å². The number of rotatable bonds is 7. The van der Waals surface area contributed by atoms with Gasteiger partial charge in [-0.15, -0.1) is 0 Å². The zero-order valence-electron chi connectivity index (χ0n) is 12.5. The van der Waals surface area contributed by atoms with Crippen molar-refractivity contribution in [2.45, 2.75) is 31.7 Å². The van der Waals surface area contributed by atoms with Crippen molar-refractivity contribution in [3.63, 3.8) is 0 Å². The van der Waals surface area contributed by atoms with Crippen molar-refractivity contribution in [1.82, 2.24) is 15.3 Å². The van der Waals surface area contributed by atoms with Crippen LogP contribution in [0, 0.1) is 0 Å². The summed E-state index contributed by atoms with van der Waals surface area (Å²) in [5.41, 5.74) is 1.75. The lowest BCUT2D eigenvalue weighted by molar-refractivity contribution is 0.0946. The van der Waals surface area contributed by atoms with E-state index in [-0.39, 0.29) is 5.91 Å². The molecule has 1 saturated carbocycles. The van der Waals surface area contributed by atoms with E-state index in [1.165, 1.54) is 11.9 Å². The summed E-state index contributed by atoms with van der Waals surface area (Å²) in [6.45, 7) is 0.815. The molecule has 5 heteroatoms. The predicted octanol–water partition coefficient (Wildman–Crippen LogP) is 2.41. The molecule has 1 aliphatic rings. The standard InChI is InChI=1S/C17H20N4O/c22-17(21-14-8-9-14)15-11-16(20-12-19-15)18-10-4-7-13-5-2-1-3-6-13/h1-3,5-6,11-12,14H,4,7-10H2,(H,21,22)(H,18,19,20). The molecule has 0 unspecified atom stereocenters. The number of carbonyl (C=O) groups is 1. The smallest absolute Gasteiger partial charge is 0.270 e. The highest BCUT2D eigenvalue weighted by Gasteiger charge is 2.24. The first-order chi connectivity index (χ1) is 10.8. The van der Waals surface area contributed by atoms with Gasteiger partial charge in [0.05, 0.1) is 0 Å². The number of amides is 1. The number of benzene rings is 1. The van der Waals surface area contributed by atoms with Crippen LogP contribution < -0.4 is 10.6 Å². The van der Waals surface area contributed by atoms with Crippen LogP contribution >= 0.6 is 0 Å². The lowest BCUT2D eigenvalue weighted by atomic mass is 10.1. The highest BCUT2D eigenvalue weighted by Crippen LogP contribution is 2.19. The fourth-order valence-corrected chi connectivity index (χ4v) is 2.22. The number of aryl methyl sites for hydroxylation is 1. The molecule has 2 N–H and O–H groups in total. The Morgan fingerprint density at radius 2 is 2.00 bits per heavy atom. The average Bonchev–Trinajstić information content (AvgIpc) is 3.37. The summed E-state index contributed by atoms with van der Waals surface area (Å²) in [7, 11) is 0. The van der Waals surface area contributed by atoms with Crippen LogP contribution in [0.5, 0.6) is 0 Å². The molecule has 0 saturated heterocycles. The van der Waals surface area contributed by atoms with Gasteiger partial charge in [0.2, 0.25) is 0 Å². The van der Waals surface area contributed by atoms with Crippen LogP contribution in [-0.4, -0.2) is 28.5 Å². The van der Waals surface area contributed by atoms with Crippen molar-refractivity contribution in [3.05, 3.63) is 54.0 Å². The van der Waals surface area contributed by atoms with Crippen LogP contribution in [0.3, 0.4) is 0 Å². The third-order valence-corrected chi connectivity index (χ3v) is 3.60. The molecule has 5 nitrogen and oxygen atoms in total. The minimum absolute atomic E-state index is 0.114. The van der Waals surface area contributed by atoms with Gasteiger partial charge in [-0.05, 0) is 31.2 Å². The third kappa shape index (κ3) is 4.28. The zero-order chi connectivity index (χ0) is 15.2. The maximum atomic E-state index is 11.9. The largest absolute Gasteiger partial charge is 0.370 e. The van der Waals surface area contributed by atoms with Crippen LogP contribution in [0.4, 0.5) is 5.82 Å². The molecule has 2 aromatic rings. The van der Waals surface area contributed by atoms with E-state index in [1.54, 1.807) is 6.07 Å². The Bertz CT molecular complexity index is 626. The number of hydrogen-bond acceptors (Lipinski definition) is 4.